The van der Waals surface area contributed by atoms with Gasteiger partial charge in [-0.1, -0.05) is 0 Å². The van der Waals surface area contributed by atoms with E-state index >= 15 is 0 Å². The highest BCUT2D eigenvalue weighted by Crippen LogP contribution is 2.04. The molecule has 1 aliphatic heterocycles. The Labute approximate surface area is 67.6 Å². The van der Waals surface area contributed by atoms with Gasteiger partial charge >= 0.3 is 0 Å². The number of halogens is 1. The zero-order chi connectivity index (χ0) is 6.69. The Morgan fingerprint density at radius 3 is 2.70 bits per heavy atom. The number of aliphatic hydroxyl groups is 1. The summed E-state index contributed by atoms with van der Waals surface area (Å²) in [6.45, 7) is 3.06. The van der Waals surface area contributed by atoms with Gasteiger partial charge in [0.2, 0.25) is 0 Å². The van der Waals surface area contributed by atoms with Crippen LogP contribution in [0.2, 0.25) is 0 Å². The summed E-state index contributed by atoms with van der Waals surface area (Å²) < 4.78 is 0. The van der Waals surface area contributed by atoms with Gasteiger partial charge in [-0.15, -0.1) is 12.4 Å². The molecule has 1 saturated heterocycles. The number of rotatable bonds is 2. The van der Waals surface area contributed by atoms with Gasteiger partial charge in [0.05, 0.1) is 6.61 Å². The molecule has 0 amide bonds. The Kier molecular flexibility index (Phi) is 4.99. The molecule has 0 aromatic carbocycles. The second kappa shape index (κ2) is 4.91. The van der Waals surface area contributed by atoms with Gasteiger partial charge in [0, 0.05) is 19.1 Å². The first-order valence-electron chi connectivity index (χ1n) is 3.41. The van der Waals surface area contributed by atoms with E-state index in [1.165, 1.54) is 0 Å². The molecule has 0 radical (unpaired) electrons. The highest BCUT2D eigenvalue weighted by Gasteiger charge is 2.17. The van der Waals surface area contributed by atoms with Crippen LogP contribution in [0.25, 0.3) is 0 Å². The topological polar surface area (TPSA) is 49.5 Å². The second-order valence-electron chi connectivity index (χ2n) is 2.57. The molecule has 1 atom stereocenters. The predicted molar refractivity (Wildman–Crippen MR) is 43.4 cm³/mol. The summed E-state index contributed by atoms with van der Waals surface area (Å²) in [6, 6.07) is 0.344. The molecule has 4 heteroatoms. The van der Waals surface area contributed by atoms with Crippen molar-refractivity contribution < 1.29 is 5.11 Å². The Balaban J connectivity index is 0.000000810. The SMILES string of the molecule is Cl.NC1CCN(CCO)C1. The fourth-order valence-corrected chi connectivity index (χ4v) is 1.21. The lowest BCUT2D eigenvalue weighted by atomic mass is 10.3. The minimum absolute atomic E-state index is 0. The summed E-state index contributed by atoms with van der Waals surface area (Å²) in [5.41, 5.74) is 5.63. The Bertz CT molecular complexity index is 89.8. The molecule has 3 nitrogen and oxygen atoms in total. The molecule has 10 heavy (non-hydrogen) atoms. The molecule has 62 valence electrons. The smallest absolute Gasteiger partial charge is 0.0558 e. The van der Waals surface area contributed by atoms with Gasteiger partial charge in [0.1, 0.15) is 0 Å². The third-order valence-corrected chi connectivity index (χ3v) is 1.73. The Morgan fingerprint density at radius 2 is 2.30 bits per heavy atom. The van der Waals surface area contributed by atoms with Gasteiger partial charge < -0.3 is 10.8 Å². The normalized spacial score (nSPS) is 26.4. The van der Waals surface area contributed by atoms with Crippen molar-refractivity contribution in [3.63, 3.8) is 0 Å². The summed E-state index contributed by atoms with van der Waals surface area (Å²) in [6.07, 6.45) is 1.08. The highest BCUT2D eigenvalue weighted by atomic mass is 35.5. The van der Waals surface area contributed by atoms with Crippen LogP contribution in [0.1, 0.15) is 6.42 Å². The molecule has 1 fully saturated rings. The van der Waals surface area contributed by atoms with Gasteiger partial charge in [-0.25, -0.2) is 0 Å². The molecule has 1 rings (SSSR count). The van der Waals surface area contributed by atoms with Gasteiger partial charge in [-0.05, 0) is 13.0 Å². The van der Waals surface area contributed by atoms with Crippen LogP contribution in [0.4, 0.5) is 0 Å². The number of likely N-dealkylation sites (tertiary alicyclic amines) is 1. The van der Waals surface area contributed by atoms with E-state index in [9.17, 15) is 0 Å². The minimum atomic E-state index is 0. The lowest BCUT2D eigenvalue weighted by molar-refractivity contribution is 0.220. The van der Waals surface area contributed by atoms with Gasteiger partial charge in [-0.2, -0.15) is 0 Å². The average Bonchev–Trinajstić information content (AvgIpc) is 2.17. The summed E-state index contributed by atoms with van der Waals surface area (Å²) in [4.78, 5) is 2.19. The fourth-order valence-electron chi connectivity index (χ4n) is 1.21. The fraction of sp³-hybridized carbons (Fsp3) is 1.00. The predicted octanol–water partition coefficient (Wildman–Crippen LogP) is -0.567. The minimum Gasteiger partial charge on any atom is -0.395 e. The van der Waals surface area contributed by atoms with Crippen LogP contribution >= 0.6 is 12.4 Å². The number of hydrogen-bond donors (Lipinski definition) is 2. The number of hydrogen-bond acceptors (Lipinski definition) is 3. The van der Waals surface area contributed by atoms with Crippen molar-refractivity contribution in [2.75, 3.05) is 26.2 Å². The van der Waals surface area contributed by atoms with E-state index in [0.29, 0.717) is 6.04 Å². The number of nitrogens with zero attached hydrogens (tertiary/aromatic N) is 1. The Hall–Kier alpha value is 0.170. The monoisotopic (exact) mass is 166 g/mol. The van der Waals surface area contributed by atoms with Crippen LogP contribution in [-0.2, 0) is 0 Å². The number of nitrogens with two attached hydrogens (primary N) is 1. The lowest BCUT2D eigenvalue weighted by Gasteiger charge is -2.11. The van der Waals surface area contributed by atoms with E-state index in [0.717, 1.165) is 26.1 Å². The first-order chi connectivity index (χ1) is 4.33. The van der Waals surface area contributed by atoms with E-state index in [4.69, 9.17) is 10.8 Å². The molecule has 0 aromatic rings. The summed E-state index contributed by atoms with van der Waals surface area (Å²) in [7, 11) is 0. The molecular weight excluding hydrogens is 152 g/mol. The number of β-amino-alcohol motifs (C(OH)–C–C–N with tert-alkyl or cyclic N) is 1. The Morgan fingerprint density at radius 1 is 1.60 bits per heavy atom. The van der Waals surface area contributed by atoms with E-state index in [2.05, 4.69) is 4.90 Å². The average molecular weight is 167 g/mol. The van der Waals surface area contributed by atoms with E-state index in [1.54, 1.807) is 0 Å². The molecule has 0 aliphatic carbocycles. The highest BCUT2D eigenvalue weighted by molar-refractivity contribution is 5.85. The van der Waals surface area contributed by atoms with Gasteiger partial charge in [0.25, 0.3) is 0 Å². The first-order valence-corrected chi connectivity index (χ1v) is 3.41. The third-order valence-electron chi connectivity index (χ3n) is 1.73. The standard InChI is InChI=1S/C6H14N2O.ClH/c7-6-1-2-8(5-6)3-4-9;/h6,9H,1-5,7H2;1H. The zero-order valence-corrected chi connectivity index (χ0v) is 6.81. The van der Waals surface area contributed by atoms with Crippen molar-refractivity contribution in [1.82, 2.24) is 4.90 Å². The quantitative estimate of drug-likeness (QED) is 0.578. The largest absolute Gasteiger partial charge is 0.395 e. The molecule has 0 bridgehead atoms. The maximum absolute atomic E-state index is 8.53. The first kappa shape index (κ1) is 10.2. The van der Waals surface area contributed by atoms with Crippen molar-refractivity contribution in [3.8, 4) is 0 Å². The van der Waals surface area contributed by atoms with Crippen LogP contribution < -0.4 is 5.73 Å². The molecule has 1 unspecified atom stereocenters. The molecule has 0 aromatic heterocycles. The maximum Gasteiger partial charge on any atom is 0.0558 e. The van der Waals surface area contributed by atoms with E-state index < -0.39 is 0 Å². The van der Waals surface area contributed by atoms with Crippen molar-refractivity contribution in [3.05, 3.63) is 0 Å². The maximum atomic E-state index is 8.53. The molecule has 0 spiro atoms. The van der Waals surface area contributed by atoms with Gasteiger partial charge in [-0.3, -0.25) is 4.90 Å². The van der Waals surface area contributed by atoms with Crippen LogP contribution in [-0.4, -0.2) is 42.3 Å². The van der Waals surface area contributed by atoms with E-state index in [-0.39, 0.29) is 19.0 Å². The van der Waals surface area contributed by atoms with Crippen molar-refractivity contribution >= 4 is 12.4 Å². The third kappa shape index (κ3) is 2.84. The summed E-state index contributed by atoms with van der Waals surface area (Å²) in [5, 5.41) is 8.53. The van der Waals surface area contributed by atoms with Crippen LogP contribution in [0.3, 0.4) is 0 Å². The summed E-state index contributed by atoms with van der Waals surface area (Å²) >= 11 is 0. The molecule has 3 N–H and O–H groups in total. The van der Waals surface area contributed by atoms with E-state index in [1.807, 2.05) is 0 Å². The van der Waals surface area contributed by atoms with Crippen LogP contribution in [0, 0.1) is 0 Å². The molecular formula is C6H15ClN2O. The molecule has 1 aliphatic rings. The zero-order valence-electron chi connectivity index (χ0n) is 5.99. The second-order valence-corrected chi connectivity index (χ2v) is 2.57. The lowest BCUT2D eigenvalue weighted by Crippen LogP contribution is -2.28. The number of aliphatic hydroxyl groups excluding tert-OH is 1. The van der Waals surface area contributed by atoms with Crippen LogP contribution in [0.15, 0.2) is 0 Å². The van der Waals surface area contributed by atoms with Crippen LogP contribution in [0.5, 0.6) is 0 Å². The molecule has 1 heterocycles. The van der Waals surface area contributed by atoms with Crippen molar-refractivity contribution in [1.29, 1.82) is 0 Å². The van der Waals surface area contributed by atoms with Gasteiger partial charge in [0.15, 0.2) is 0 Å². The summed E-state index contributed by atoms with van der Waals surface area (Å²) in [5.74, 6) is 0. The molecule has 0 saturated carbocycles. The van der Waals surface area contributed by atoms with Crippen molar-refractivity contribution in [2.24, 2.45) is 5.73 Å². The van der Waals surface area contributed by atoms with Crippen molar-refractivity contribution in [2.45, 2.75) is 12.5 Å².